The second-order valence-corrected chi connectivity index (χ2v) is 6.85. The van der Waals surface area contributed by atoms with E-state index in [4.69, 9.17) is 0 Å². The fourth-order valence-electron chi connectivity index (χ4n) is 3.19. The average Bonchev–Trinajstić information content (AvgIpc) is 3.01. The van der Waals surface area contributed by atoms with Crippen molar-refractivity contribution < 1.29 is 9.59 Å². The monoisotopic (exact) mass is 346 g/mol. The van der Waals surface area contributed by atoms with Crippen molar-refractivity contribution in [2.75, 3.05) is 27.2 Å². The van der Waals surface area contributed by atoms with E-state index in [-0.39, 0.29) is 6.04 Å². The summed E-state index contributed by atoms with van der Waals surface area (Å²) in [6.07, 6.45) is 9.80. The fourth-order valence-corrected chi connectivity index (χ4v) is 3.19. The van der Waals surface area contributed by atoms with Crippen molar-refractivity contribution in [1.82, 2.24) is 20.1 Å². The van der Waals surface area contributed by atoms with Crippen LogP contribution >= 0.6 is 0 Å². The zero-order chi connectivity index (χ0) is 18.2. The molecule has 0 bridgehead atoms. The Hall–Kier alpha value is -2.08. The van der Waals surface area contributed by atoms with Gasteiger partial charge in [0.1, 0.15) is 0 Å². The molecule has 0 spiro atoms. The number of nitrogens with one attached hydrogen (secondary N) is 2. The van der Waals surface area contributed by atoms with E-state index in [0.29, 0.717) is 13.1 Å². The standard InChI is InChI=1S/C19H30N4O2/c1-22(2)17(16-10-7-13-23(16)3)14-21-19(25)18(24)20-12-11-15-8-5-4-6-9-15/h7-8,10,13,17H,4-6,9,11-12,14H2,1-3H3,(H,20,24)(H,21,25). The second kappa shape index (κ2) is 9.42. The molecule has 0 fully saturated rings. The minimum Gasteiger partial charge on any atom is -0.353 e. The van der Waals surface area contributed by atoms with Gasteiger partial charge in [-0.3, -0.25) is 14.5 Å². The Balaban J connectivity index is 1.77. The third-order valence-electron chi connectivity index (χ3n) is 4.73. The summed E-state index contributed by atoms with van der Waals surface area (Å²) in [5.41, 5.74) is 2.48. The third-order valence-corrected chi connectivity index (χ3v) is 4.73. The molecule has 138 valence electrons. The van der Waals surface area contributed by atoms with Crippen molar-refractivity contribution in [3.8, 4) is 0 Å². The van der Waals surface area contributed by atoms with Gasteiger partial charge in [-0.25, -0.2) is 0 Å². The van der Waals surface area contributed by atoms with E-state index in [1.54, 1.807) is 0 Å². The molecule has 1 aromatic rings. The highest BCUT2D eigenvalue weighted by Gasteiger charge is 2.20. The van der Waals surface area contributed by atoms with Gasteiger partial charge in [0.25, 0.3) is 0 Å². The summed E-state index contributed by atoms with van der Waals surface area (Å²) in [5, 5.41) is 5.47. The lowest BCUT2D eigenvalue weighted by atomic mass is 9.97. The lowest BCUT2D eigenvalue weighted by molar-refractivity contribution is -0.139. The van der Waals surface area contributed by atoms with Crippen LogP contribution in [-0.2, 0) is 16.6 Å². The molecule has 0 saturated carbocycles. The molecular weight excluding hydrogens is 316 g/mol. The summed E-state index contributed by atoms with van der Waals surface area (Å²) in [6.45, 7) is 0.912. The van der Waals surface area contributed by atoms with Gasteiger partial charge in [-0.1, -0.05) is 11.6 Å². The van der Waals surface area contributed by atoms with Crippen molar-refractivity contribution in [3.05, 3.63) is 35.7 Å². The molecule has 2 amide bonds. The SMILES string of the molecule is CN(C)C(CNC(=O)C(=O)NCCC1=CCCCC1)c1cccn1C. The number of hydrogen-bond donors (Lipinski definition) is 2. The topological polar surface area (TPSA) is 66.4 Å². The summed E-state index contributed by atoms with van der Waals surface area (Å²) in [7, 11) is 5.89. The molecule has 0 aromatic carbocycles. The Morgan fingerprint density at radius 3 is 2.60 bits per heavy atom. The molecule has 1 atom stereocenters. The normalized spacial score (nSPS) is 15.6. The van der Waals surface area contributed by atoms with Crippen molar-refractivity contribution in [1.29, 1.82) is 0 Å². The molecule has 2 N–H and O–H groups in total. The highest BCUT2D eigenvalue weighted by molar-refractivity contribution is 6.35. The predicted octanol–water partition coefficient (Wildman–Crippen LogP) is 1.75. The van der Waals surface area contributed by atoms with Crippen LogP contribution in [0.3, 0.4) is 0 Å². The molecule has 1 aliphatic rings. The first kappa shape index (κ1) is 19.2. The molecule has 25 heavy (non-hydrogen) atoms. The van der Waals surface area contributed by atoms with Gasteiger partial charge >= 0.3 is 11.8 Å². The number of carbonyl (C=O) groups excluding carboxylic acids is 2. The molecule has 2 rings (SSSR count). The Labute approximate surface area is 150 Å². The third kappa shape index (κ3) is 5.74. The van der Waals surface area contributed by atoms with E-state index in [9.17, 15) is 9.59 Å². The molecule has 6 nitrogen and oxygen atoms in total. The Morgan fingerprint density at radius 2 is 2.00 bits per heavy atom. The van der Waals surface area contributed by atoms with Crippen LogP contribution in [0.25, 0.3) is 0 Å². The smallest absolute Gasteiger partial charge is 0.309 e. The average molecular weight is 346 g/mol. The second-order valence-electron chi connectivity index (χ2n) is 6.85. The number of carbonyl (C=O) groups is 2. The summed E-state index contributed by atoms with van der Waals surface area (Å²) in [6, 6.07) is 4.01. The van der Waals surface area contributed by atoms with Crippen LogP contribution in [0, 0.1) is 0 Å². The van der Waals surface area contributed by atoms with Crippen molar-refractivity contribution in [2.45, 2.75) is 38.1 Å². The number of rotatable bonds is 7. The molecule has 1 aromatic heterocycles. The zero-order valence-corrected chi connectivity index (χ0v) is 15.5. The number of amides is 2. The maximum absolute atomic E-state index is 12.0. The maximum atomic E-state index is 12.0. The number of nitrogens with zero attached hydrogens (tertiary/aromatic N) is 2. The Morgan fingerprint density at radius 1 is 1.24 bits per heavy atom. The van der Waals surface area contributed by atoms with Crippen LogP contribution in [0.5, 0.6) is 0 Å². The van der Waals surface area contributed by atoms with Crippen LogP contribution in [0.4, 0.5) is 0 Å². The van der Waals surface area contributed by atoms with Gasteiger partial charge in [0.05, 0.1) is 6.04 Å². The van der Waals surface area contributed by atoms with Crippen LogP contribution in [-0.4, -0.2) is 48.5 Å². The van der Waals surface area contributed by atoms with Gasteiger partial charge in [0.15, 0.2) is 0 Å². The number of likely N-dealkylation sites (N-methyl/N-ethyl adjacent to an activating group) is 1. The summed E-state index contributed by atoms with van der Waals surface area (Å²) in [4.78, 5) is 26.0. The van der Waals surface area contributed by atoms with Gasteiger partial charge < -0.3 is 15.2 Å². The molecule has 1 heterocycles. The first-order valence-corrected chi connectivity index (χ1v) is 9.00. The molecule has 6 heteroatoms. The Kier molecular flexibility index (Phi) is 7.25. The lowest BCUT2D eigenvalue weighted by Gasteiger charge is -2.25. The van der Waals surface area contributed by atoms with E-state index in [1.165, 1.54) is 18.4 Å². The van der Waals surface area contributed by atoms with Crippen molar-refractivity contribution >= 4 is 11.8 Å². The largest absolute Gasteiger partial charge is 0.353 e. The summed E-state index contributed by atoms with van der Waals surface area (Å²) in [5.74, 6) is -1.13. The lowest BCUT2D eigenvalue weighted by Crippen LogP contribution is -2.43. The van der Waals surface area contributed by atoms with E-state index in [2.05, 4.69) is 16.7 Å². The summed E-state index contributed by atoms with van der Waals surface area (Å²) < 4.78 is 2.02. The maximum Gasteiger partial charge on any atom is 0.309 e. The minimum atomic E-state index is -0.571. The quantitative estimate of drug-likeness (QED) is 0.584. The zero-order valence-electron chi connectivity index (χ0n) is 15.5. The molecule has 1 aliphatic carbocycles. The van der Waals surface area contributed by atoms with Gasteiger partial charge in [-0.15, -0.1) is 0 Å². The number of aryl methyl sites for hydroxylation is 1. The summed E-state index contributed by atoms with van der Waals surface area (Å²) >= 11 is 0. The van der Waals surface area contributed by atoms with Crippen LogP contribution < -0.4 is 10.6 Å². The number of hydrogen-bond acceptors (Lipinski definition) is 3. The van der Waals surface area contributed by atoms with E-state index < -0.39 is 11.8 Å². The molecular formula is C19H30N4O2. The molecule has 0 aliphatic heterocycles. The number of allylic oxidation sites excluding steroid dienone is 1. The first-order chi connectivity index (χ1) is 12.0. The van der Waals surface area contributed by atoms with Crippen LogP contribution in [0.1, 0.15) is 43.8 Å². The van der Waals surface area contributed by atoms with Gasteiger partial charge in [-0.05, 0) is 58.3 Å². The van der Waals surface area contributed by atoms with Crippen LogP contribution in [0.15, 0.2) is 30.0 Å². The van der Waals surface area contributed by atoms with Gasteiger partial charge in [0, 0.05) is 32.0 Å². The van der Waals surface area contributed by atoms with Crippen molar-refractivity contribution in [3.63, 3.8) is 0 Å². The fraction of sp³-hybridized carbons (Fsp3) is 0.579. The van der Waals surface area contributed by atoms with Crippen molar-refractivity contribution in [2.24, 2.45) is 7.05 Å². The molecule has 1 unspecified atom stereocenters. The highest BCUT2D eigenvalue weighted by Crippen LogP contribution is 2.19. The number of aromatic nitrogens is 1. The highest BCUT2D eigenvalue weighted by atomic mass is 16.2. The van der Waals surface area contributed by atoms with Gasteiger partial charge in [0.2, 0.25) is 0 Å². The van der Waals surface area contributed by atoms with Gasteiger partial charge in [-0.2, -0.15) is 0 Å². The van der Waals surface area contributed by atoms with E-state index in [1.807, 2.05) is 48.9 Å². The van der Waals surface area contributed by atoms with Crippen LogP contribution in [0.2, 0.25) is 0 Å². The molecule has 0 saturated heterocycles. The first-order valence-electron chi connectivity index (χ1n) is 9.00. The predicted molar refractivity (Wildman–Crippen MR) is 99.0 cm³/mol. The Bertz CT molecular complexity index is 619. The minimum absolute atomic E-state index is 0.0177. The molecule has 0 radical (unpaired) electrons. The van der Waals surface area contributed by atoms with E-state index in [0.717, 1.165) is 25.0 Å². The van der Waals surface area contributed by atoms with E-state index >= 15 is 0 Å².